The van der Waals surface area contributed by atoms with Crippen LogP contribution in [0.25, 0.3) is 0 Å². The molecule has 0 amide bonds. The van der Waals surface area contributed by atoms with Gasteiger partial charge in [-0.3, -0.25) is 0 Å². The largest absolute Gasteiger partial charge is 0.370 e. The van der Waals surface area contributed by atoms with Gasteiger partial charge in [0.25, 0.3) is 0 Å². The van der Waals surface area contributed by atoms with E-state index in [1.807, 2.05) is 6.92 Å². The zero-order chi connectivity index (χ0) is 7.78. The zero-order valence-corrected chi connectivity index (χ0v) is 7.18. The first-order valence-corrected chi connectivity index (χ1v) is 3.82. The molecular weight excluding hydrogens is 128 g/mol. The average Bonchev–Trinajstić information content (AvgIpc) is 1.81. The van der Waals surface area contributed by atoms with Crippen molar-refractivity contribution >= 4 is 0 Å². The molecule has 10 heavy (non-hydrogen) atoms. The molecule has 0 aromatic rings. The van der Waals surface area contributed by atoms with Crippen LogP contribution in [0.4, 0.5) is 0 Å². The van der Waals surface area contributed by atoms with E-state index in [1.165, 1.54) is 0 Å². The van der Waals surface area contributed by atoms with Gasteiger partial charge in [0, 0.05) is 0 Å². The van der Waals surface area contributed by atoms with Crippen LogP contribution in [0.15, 0.2) is 0 Å². The normalized spacial score (nSPS) is 39.6. The fraction of sp³-hybridized carbons (Fsp3) is 1.00. The fourth-order valence-electron chi connectivity index (χ4n) is 1.00. The molecule has 1 heterocycles. The Balaban J connectivity index is 2.52. The van der Waals surface area contributed by atoms with Gasteiger partial charge in [0.05, 0.1) is 24.4 Å². The second-order valence-corrected chi connectivity index (χ2v) is 3.50. The fourth-order valence-corrected chi connectivity index (χ4v) is 1.00. The van der Waals surface area contributed by atoms with Gasteiger partial charge in [-0.15, -0.1) is 0 Å². The van der Waals surface area contributed by atoms with Crippen molar-refractivity contribution in [3.63, 3.8) is 0 Å². The summed E-state index contributed by atoms with van der Waals surface area (Å²) in [6, 6.07) is 0. The minimum atomic E-state index is -0.105. The van der Waals surface area contributed by atoms with Crippen molar-refractivity contribution in [3.05, 3.63) is 0 Å². The van der Waals surface area contributed by atoms with E-state index in [1.54, 1.807) is 0 Å². The highest BCUT2D eigenvalue weighted by Gasteiger charge is 2.33. The summed E-state index contributed by atoms with van der Waals surface area (Å²) in [4.78, 5) is 0. The van der Waals surface area contributed by atoms with Crippen LogP contribution in [0.3, 0.4) is 0 Å². The first kappa shape index (κ1) is 8.02. The maximum Gasteiger partial charge on any atom is 0.0885 e. The topological polar surface area (TPSA) is 18.5 Å². The molecule has 0 bridgehead atoms. The van der Waals surface area contributed by atoms with Crippen LogP contribution in [-0.4, -0.2) is 24.4 Å². The Morgan fingerprint density at radius 2 is 1.90 bits per heavy atom. The lowest BCUT2D eigenvalue weighted by Crippen LogP contribution is -2.47. The lowest BCUT2D eigenvalue weighted by molar-refractivity contribution is -0.209. The van der Waals surface area contributed by atoms with Gasteiger partial charge < -0.3 is 9.47 Å². The van der Waals surface area contributed by atoms with Gasteiger partial charge in [-0.1, -0.05) is 0 Å². The maximum atomic E-state index is 5.58. The molecule has 1 fully saturated rings. The molecule has 2 atom stereocenters. The van der Waals surface area contributed by atoms with Crippen molar-refractivity contribution < 1.29 is 9.47 Å². The Morgan fingerprint density at radius 3 is 2.30 bits per heavy atom. The number of hydrogen-bond acceptors (Lipinski definition) is 2. The van der Waals surface area contributed by atoms with E-state index < -0.39 is 0 Å². The molecule has 0 spiro atoms. The molecule has 2 heteroatoms. The van der Waals surface area contributed by atoms with Crippen LogP contribution in [0.2, 0.25) is 0 Å². The monoisotopic (exact) mass is 144 g/mol. The standard InChI is InChI=1S/C8H16O2/c1-6-5-9-8(3,4)7(2)10-6/h6-7H,5H2,1-4H3. The molecule has 0 saturated carbocycles. The van der Waals surface area contributed by atoms with Crippen molar-refractivity contribution in [2.75, 3.05) is 6.61 Å². The van der Waals surface area contributed by atoms with Gasteiger partial charge in [0.2, 0.25) is 0 Å². The second kappa shape index (κ2) is 2.51. The van der Waals surface area contributed by atoms with Crippen molar-refractivity contribution in [2.24, 2.45) is 0 Å². The highest BCUT2D eigenvalue weighted by molar-refractivity contribution is 4.81. The maximum absolute atomic E-state index is 5.58. The van der Waals surface area contributed by atoms with Crippen LogP contribution < -0.4 is 0 Å². The van der Waals surface area contributed by atoms with Crippen LogP contribution in [0.5, 0.6) is 0 Å². The van der Waals surface area contributed by atoms with Crippen LogP contribution in [0, 0.1) is 0 Å². The van der Waals surface area contributed by atoms with Crippen LogP contribution in [-0.2, 0) is 9.47 Å². The number of hydrogen-bond donors (Lipinski definition) is 0. The van der Waals surface area contributed by atoms with E-state index >= 15 is 0 Å². The minimum Gasteiger partial charge on any atom is -0.370 e. The predicted octanol–water partition coefficient (Wildman–Crippen LogP) is 1.59. The summed E-state index contributed by atoms with van der Waals surface area (Å²) < 4.78 is 11.1. The van der Waals surface area contributed by atoms with Gasteiger partial charge in [-0.05, 0) is 27.7 Å². The average molecular weight is 144 g/mol. The summed E-state index contributed by atoms with van der Waals surface area (Å²) in [5, 5.41) is 0. The summed E-state index contributed by atoms with van der Waals surface area (Å²) in [5.74, 6) is 0. The lowest BCUT2D eigenvalue weighted by atomic mass is 10.0. The SMILES string of the molecule is CC1COC(C)(C)C(C)O1. The molecule has 0 aromatic carbocycles. The first-order chi connectivity index (χ1) is 4.52. The lowest BCUT2D eigenvalue weighted by Gasteiger charge is -2.39. The molecule has 0 aliphatic carbocycles. The Bertz CT molecular complexity index is 120. The van der Waals surface area contributed by atoms with E-state index in [4.69, 9.17) is 9.47 Å². The summed E-state index contributed by atoms with van der Waals surface area (Å²) in [6.07, 6.45) is 0.458. The van der Waals surface area contributed by atoms with Gasteiger partial charge in [-0.25, -0.2) is 0 Å². The third-order valence-electron chi connectivity index (χ3n) is 2.11. The van der Waals surface area contributed by atoms with Gasteiger partial charge >= 0.3 is 0 Å². The van der Waals surface area contributed by atoms with Crippen molar-refractivity contribution in [1.82, 2.24) is 0 Å². The van der Waals surface area contributed by atoms with E-state index in [0.717, 1.165) is 6.61 Å². The Hall–Kier alpha value is -0.0800. The molecule has 60 valence electrons. The van der Waals surface area contributed by atoms with Crippen LogP contribution >= 0.6 is 0 Å². The van der Waals surface area contributed by atoms with E-state index in [2.05, 4.69) is 20.8 Å². The second-order valence-electron chi connectivity index (χ2n) is 3.50. The van der Waals surface area contributed by atoms with E-state index in [9.17, 15) is 0 Å². The predicted molar refractivity (Wildman–Crippen MR) is 40.0 cm³/mol. The number of rotatable bonds is 0. The van der Waals surface area contributed by atoms with Crippen molar-refractivity contribution in [2.45, 2.75) is 45.5 Å². The summed E-state index contributed by atoms with van der Waals surface area (Å²) in [6.45, 7) is 8.92. The molecule has 1 aliphatic rings. The molecule has 0 N–H and O–H groups in total. The molecule has 1 rings (SSSR count). The summed E-state index contributed by atoms with van der Waals surface area (Å²) in [7, 11) is 0. The third-order valence-corrected chi connectivity index (χ3v) is 2.11. The van der Waals surface area contributed by atoms with E-state index in [-0.39, 0.29) is 17.8 Å². The smallest absolute Gasteiger partial charge is 0.0885 e. The number of ether oxygens (including phenoxy) is 2. The highest BCUT2D eigenvalue weighted by Crippen LogP contribution is 2.23. The molecule has 1 aliphatic heterocycles. The van der Waals surface area contributed by atoms with Crippen molar-refractivity contribution in [1.29, 1.82) is 0 Å². The molecule has 2 unspecified atom stereocenters. The Labute approximate surface area is 62.5 Å². The third kappa shape index (κ3) is 1.50. The summed E-state index contributed by atoms with van der Waals surface area (Å²) in [5.41, 5.74) is -0.105. The van der Waals surface area contributed by atoms with Gasteiger partial charge in [0.15, 0.2) is 0 Å². The molecule has 2 nitrogen and oxygen atoms in total. The highest BCUT2D eigenvalue weighted by atomic mass is 16.6. The molecule has 0 aromatic heterocycles. The molecule has 1 saturated heterocycles. The summed E-state index contributed by atoms with van der Waals surface area (Å²) >= 11 is 0. The quantitative estimate of drug-likeness (QED) is 0.514. The van der Waals surface area contributed by atoms with Gasteiger partial charge in [0.1, 0.15) is 0 Å². The molecule has 0 radical (unpaired) electrons. The minimum absolute atomic E-state index is 0.105. The zero-order valence-electron chi connectivity index (χ0n) is 7.18. The van der Waals surface area contributed by atoms with E-state index in [0.29, 0.717) is 0 Å². The Kier molecular flexibility index (Phi) is 2.02. The van der Waals surface area contributed by atoms with Crippen LogP contribution in [0.1, 0.15) is 27.7 Å². The first-order valence-electron chi connectivity index (χ1n) is 3.82. The Morgan fingerprint density at radius 1 is 1.30 bits per heavy atom. The molecular formula is C8H16O2. The van der Waals surface area contributed by atoms with Gasteiger partial charge in [-0.2, -0.15) is 0 Å². The van der Waals surface area contributed by atoms with Crippen molar-refractivity contribution in [3.8, 4) is 0 Å².